The lowest BCUT2D eigenvalue weighted by Crippen LogP contribution is -2.28. The molecule has 0 bridgehead atoms. The standard InChI is InChI=1S/C26H21N5O3/c1-31-24-19(11-6-14-28-24)21(17-8-3-10-18(15-17)34-2)23(25(31)32)30-26(33)29-20-12-4-7-16-9-5-13-27-22(16)20/h3-15H,1-2H3,(H2,29,30,33). The van der Waals surface area contributed by atoms with E-state index in [1.54, 1.807) is 38.7 Å². The number of carbonyl (C=O) groups excluding carboxylic acids is 1. The summed E-state index contributed by atoms with van der Waals surface area (Å²) in [6, 6.07) is 19.7. The number of urea groups is 1. The third kappa shape index (κ3) is 3.71. The van der Waals surface area contributed by atoms with E-state index in [9.17, 15) is 9.59 Å². The Morgan fingerprint density at radius 2 is 1.71 bits per heavy atom. The first-order valence-corrected chi connectivity index (χ1v) is 10.6. The second kappa shape index (κ2) is 8.67. The molecule has 0 radical (unpaired) electrons. The van der Waals surface area contributed by atoms with Crippen LogP contribution >= 0.6 is 0 Å². The Labute approximate surface area is 194 Å². The predicted octanol–water partition coefficient (Wildman–Crippen LogP) is 4.80. The molecule has 5 rings (SSSR count). The summed E-state index contributed by atoms with van der Waals surface area (Å²) >= 11 is 0. The highest BCUT2D eigenvalue weighted by Gasteiger charge is 2.20. The summed E-state index contributed by atoms with van der Waals surface area (Å²) in [6.45, 7) is 0. The number of benzene rings is 2. The number of ether oxygens (including phenoxy) is 1. The number of amides is 2. The summed E-state index contributed by atoms with van der Waals surface area (Å²) in [6.07, 6.45) is 3.29. The maximum atomic E-state index is 13.4. The average molecular weight is 451 g/mol. The number of hydrogen-bond acceptors (Lipinski definition) is 5. The quantitative estimate of drug-likeness (QED) is 0.409. The van der Waals surface area contributed by atoms with Gasteiger partial charge in [0.1, 0.15) is 17.1 Å². The van der Waals surface area contributed by atoms with Crippen molar-refractivity contribution in [2.75, 3.05) is 17.7 Å². The Morgan fingerprint density at radius 1 is 0.941 bits per heavy atom. The summed E-state index contributed by atoms with van der Waals surface area (Å²) in [5.41, 5.74) is 2.75. The van der Waals surface area contributed by atoms with Crippen LogP contribution in [-0.4, -0.2) is 27.7 Å². The highest BCUT2D eigenvalue weighted by atomic mass is 16.5. The van der Waals surface area contributed by atoms with Gasteiger partial charge in [-0.1, -0.05) is 30.3 Å². The number of para-hydroxylation sites is 1. The van der Waals surface area contributed by atoms with Crippen molar-refractivity contribution in [3.8, 4) is 16.9 Å². The van der Waals surface area contributed by atoms with Gasteiger partial charge in [0.2, 0.25) is 0 Å². The molecule has 8 heteroatoms. The van der Waals surface area contributed by atoms with E-state index in [0.717, 1.165) is 16.3 Å². The average Bonchev–Trinajstić information content (AvgIpc) is 2.87. The van der Waals surface area contributed by atoms with Crippen LogP contribution in [-0.2, 0) is 7.05 Å². The molecule has 3 heterocycles. The van der Waals surface area contributed by atoms with Crippen molar-refractivity contribution < 1.29 is 9.53 Å². The molecule has 0 saturated heterocycles. The fraction of sp³-hybridized carbons (Fsp3) is 0.0769. The summed E-state index contributed by atoms with van der Waals surface area (Å²) in [7, 11) is 3.21. The zero-order valence-electron chi connectivity index (χ0n) is 18.6. The zero-order valence-corrected chi connectivity index (χ0v) is 18.6. The van der Waals surface area contributed by atoms with E-state index in [4.69, 9.17) is 4.74 Å². The monoisotopic (exact) mass is 451 g/mol. The zero-order chi connectivity index (χ0) is 23.7. The van der Waals surface area contributed by atoms with Gasteiger partial charge in [-0.05, 0) is 42.0 Å². The highest BCUT2D eigenvalue weighted by molar-refractivity contribution is 6.09. The van der Waals surface area contributed by atoms with E-state index in [1.807, 2.05) is 54.6 Å². The lowest BCUT2D eigenvalue weighted by atomic mass is 10.00. The maximum Gasteiger partial charge on any atom is 0.323 e. The van der Waals surface area contributed by atoms with Gasteiger partial charge >= 0.3 is 6.03 Å². The summed E-state index contributed by atoms with van der Waals surface area (Å²) in [4.78, 5) is 35.2. The first-order valence-electron chi connectivity index (χ1n) is 10.6. The molecule has 0 saturated carbocycles. The van der Waals surface area contributed by atoms with E-state index < -0.39 is 6.03 Å². The minimum absolute atomic E-state index is 0.141. The van der Waals surface area contributed by atoms with Crippen LogP contribution in [0, 0.1) is 0 Å². The first kappa shape index (κ1) is 21.1. The second-order valence-corrected chi connectivity index (χ2v) is 7.68. The Hall–Kier alpha value is -4.72. The van der Waals surface area contributed by atoms with Crippen LogP contribution in [0.5, 0.6) is 5.75 Å². The number of pyridine rings is 3. The fourth-order valence-corrected chi connectivity index (χ4v) is 4.03. The smallest absolute Gasteiger partial charge is 0.323 e. The van der Waals surface area contributed by atoms with Crippen molar-refractivity contribution in [3.63, 3.8) is 0 Å². The van der Waals surface area contributed by atoms with Gasteiger partial charge in [0.25, 0.3) is 5.56 Å². The fourth-order valence-electron chi connectivity index (χ4n) is 4.03. The molecule has 0 aliphatic carbocycles. The molecule has 0 spiro atoms. The summed E-state index contributed by atoms with van der Waals surface area (Å²) in [5, 5.41) is 7.23. The highest BCUT2D eigenvalue weighted by Crippen LogP contribution is 2.34. The number of carbonyl (C=O) groups is 1. The summed E-state index contributed by atoms with van der Waals surface area (Å²) in [5.74, 6) is 0.632. The van der Waals surface area contributed by atoms with E-state index in [0.29, 0.717) is 28.2 Å². The Balaban J connectivity index is 1.63. The molecule has 2 N–H and O–H groups in total. The van der Waals surface area contributed by atoms with Gasteiger partial charge in [0, 0.05) is 35.8 Å². The van der Waals surface area contributed by atoms with Crippen LogP contribution in [0.15, 0.2) is 83.9 Å². The van der Waals surface area contributed by atoms with Crippen molar-refractivity contribution in [1.29, 1.82) is 0 Å². The van der Waals surface area contributed by atoms with Crippen LogP contribution in [0.25, 0.3) is 33.1 Å². The van der Waals surface area contributed by atoms with Gasteiger partial charge in [-0.25, -0.2) is 9.78 Å². The van der Waals surface area contributed by atoms with Crippen LogP contribution in [0.2, 0.25) is 0 Å². The molecule has 2 aromatic carbocycles. The van der Waals surface area contributed by atoms with E-state index in [2.05, 4.69) is 20.6 Å². The van der Waals surface area contributed by atoms with E-state index >= 15 is 0 Å². The number of anilines is 2. The molecule has 0 aliphatic rings. The molecule has 3 aromatic heterocycles. The van der Waals surface area contributed by atoms with Crippen molar-refractivity contribution in [1.82, 2.24) is 14.5 Å². The molecule has 5 aromatic rings. The number of methoxy groups -OCH3 is 1. The SMILES string of the molecule is COc1cccc(-c2c(NC(=O)Nc3cccc4cccnc34)c(=O)n(C)c3ncccc23)c1. The minimum Gasteiger partial charge on any atom is -0.497 e. The van der Waals surface area contributed by atoms with Crippen molar-refractivity contribution >= 4 is 39.3 Å². The van der Waals surface area contributed by atoms with Crippen LogP contribution in [0.4, 0.5) is 16.2 Å². The molecule has 0 atom stereocenters. The minimum atomic E-state index is -0.553. The maximum absolute atomic E-state index is 13.4. The molecule has 2 amide bonds. The lowest BCUT2D eigenvalue weighted by Gasteiger charge is -2.17. The van der Waals surface area contributed by atoms with Crippen LogP contribution < -0.4 is 20.9 Å². The van der Waals surface area contributed by atoms with Gasteiger partial charge in [-0.15, -0.1) is 0 Å². The van der Waals surface area contributed by atoms with Gasteiger partial charge in [0.05, 0.1) is 18.3 Å². The van der Waals surface area contributed by atoms with Gasteiger partial charge in [-0.3, -0.25) is 14.3 Å². The Morgan fingerprint density at radius 3 is 2.56 bits per heavy atom. The van der Waals surface area contributed by atoms with Crippen molar-refractivity contribution in [2.24, 2.45) is 7.05 Å². The third-order valence-electron chi connectivity index (χ3n) is 5.62. The number of fused-ring (bicyclic) bond motifs is 2. The molecule has 168 valence electrons. The van der Waals surface area contributed by atoms with Crippen molar-refractivity contribution in [2.45, 2.75) is 0 Å². The number of rotatable bonds is 4. The van der Waals surface area contributed by atoms with Gasteiger partial charge in [-0.2, -0.15) is 0 Å². The molecule has 0 aliphatic heterocycles. The Kier molecular flexibility index (Phi) is 5.39. The third-order valence-corrected chi connectivity index (χ3v) is 5.62. The predicted molar refractivity (Wildman–Crippen MR) is 133 cm³/mol. The number of aromatic nitrogens is 3. The van der Waals surface area contributed by atoms with Gasteiger partial charge < -0.3 is 15.4 Å². The molecule has 0 fully saturated rings. The second-order valence-electron chi connectivity index (χ2n) is 7.68. The number of aryl methyl sites for hydroxylation is 1. The molecule has 34 heavy (non-hydrogen) atoms. The van der Waals surface area contributed by atoms with E-state index in [1.165, 1.54) is 4.57 Å². The largest absolute Gasteiger partial charge is 0.497 e. The first-order chi connectivity index (χ1) is 16.6. The topological polar surface area (TPSA) is 98.1 Å². The van der Waals surface area contributed by atoms with Crippen molar-refractivity contribution in [3.05, 3.63) is 89.5 Å². The molecule has 8 nitrogen and oxygen atoms in total. The van der Waals surface area contributed by atoms with Crippen LogP contribution in [0.3, 0.4) is 0 Å². The normalized spacial score (nSPS) is 10.9. The lowest BCUT2D eigenvalue weighted by molar-refractivity contribution is 0.262. The van der Waals surface area contributed by atoms with Gasteiger partial charge in [0.15, 0.2) is 0 Å². The number of hydrogen-bond donors (Lipinski definition) is 2. The van der Waals surface area contributed by atoms with E-state index in [-0.39, 0.29) is 11.2 Å². The molecular weight excluding hydrogens is 430 g/mol. The van der Waals surface area contributed by atoms with Crippen LogP contribution in [0.1, 0.15) is 0 Å². The molecular formula is C26H21N5O3. The summed E-state index contributed by atoms with van der Waals surface area (Å²) < 4.78 is 6.80. The molecule has 0 unspecified atom stereocenters. The Bertz CT molecular complexity index is 1600. The number of nitrogens with one attached hydrogen (secondary N) is 2. The number of nitrogens with zero attached hydrogens (tertiary/aromatic N) is 3.